The van der Waals surface area contributed by atoms with Gasteiger partial charge in [0.15, 0.2) is 0 Å². The molecule has 22 heavy (non-hydrogen) atoms. The molecular formula is C21H24O. The molecule has 0 aromatic heterocycles. The maximum atomic E-state index is 10.2. The molecule has 1 N–H and O–H groups in total. The average molecular weight is 292 g/mol. The summed E-state index contributed by atoms with van der Waals surface area (Å²) < 4.78 is 0. The van der Waals surface area contributed by atoms with Crippen LogP contribution in [0.5, 0.6) is 5.75 Å². The van der Waals surface area contributed by atoms with Crippen molar-refractivity contribution >= 4 is 18.2 Å². The van der Waals surface area contributed by atoms with E-state index in [1.807, 2.05) is 63.3 Å². The fourth-order valence-electron chi connectivity index (χ4n) is 1.83. The third-order valence-electron chi connectivity index (χ3n) is 2.91. The number of hydrogen-bond donors (Lipinski definition) is 1. The lowest BCUT2D eigenvalue weighted by atomic mass is 9.97. The van der Waals surface area contributed by atoms with E-state index in [0.29, 0.717) is 0 Å². The first-order valence-corrected chi connectivity index (χ1v) is 7.18. The molecule has 1 aromatic rings. The minimum absolute atomic E-state index is 0.242. The van der Waals surface area contributed by atoms with Gasteiger partial charge in [0.1, 0.15) is 5.75 Å². The summed E-state index contributed by atoms with van der Waals surface area (Å²) in [4.78, 5) is 0. The second kappa shape index (κ2) is 8.04. The van der Waals surface area contributed by atoms with Crippen LogP contribution in [0.25, 0.3) is 18.2 Å². The van der Waals surface area contributed by atoms with E-state index in [2.05, 4.69) is 19.7 Å². The van der Waals surface area contributed by atoms with Gasteiger partial charge in [-0.3, -0.25) is 0 Å². The topological polar surface area (TPSA) is 20.2 Å². The van der Waals surface area contributed by atoms with Gasteiger partial charge in [0, 0.05) is 5.56 Å². The molecule has 0 heterocycles. The van der Waals surface area contributed by atoms with Crippen molar-refractivity contribution in [2.24, 2.45) is 0 Å². The highest BCUT2D eigenvalue weighted by Gasteiger charge is 2.07. The second-order valence-electron chi connectivity index (χ2n) is 5.54. The van der Waals surface area contributed by atoms with E-state index in [1.54, 1.807) is 6.07 Å². The predicted molar refractivity (Wildman–Crippen MR) is 99.7 cm³/mol. The molecule has 0 saturated heterocycles. The first-order chi connectivity index (χ1) is 10.3. The molecule has 0 amide bonds. The van der Waals surface area contributed by atoms with Crippen LogP contribution in [0.4, 0.5) is 0 Å². The number of phenolic OH excluding ortho intramolecular Hbond substituents is 1. The second-order valence-corrected chi connectivity index (χ2v) is 5.54. The van der Waals surface area contributed by atoms with Gasteiger partial charge in [0.25, 0.3) is 0 Å². The molecule has 1 heteroatoms. The molecule has 0 unspecified atom stereocenters. The third kappa shape index (κ3) is 5.45. The number of phenols is 1. The highest BCUT2D eigenvalue weighted by molar-refractivity contribution is 5.78. The van der Waals surface area contributed by atoms with Crippen molar-refractivity contribution in [3.05, 3.63) is 83.5 Å². The van der Waals surface area contributed by atoms with Crippen molar-refractivity contribution < 1.29 is 5.11 Å². The molecular weight excluding hydrogens is 268 g/mol. The SMILES string of the molecule is C=C(C)C=Cc1ccc(O)c(C=CC(=C)C)c1C=CC(=C)C. The molecule has 114 valence electrons. The Morgan fingerprint density at radius 2 is 1.23 bits per heavy atom. The van der Waals surface area contributed by atoms with E-state index in [1.165, 1.54) is 0 Å². The fourth-order valence-corrected chi connectivity index (χ4v) is 1.83. The number of benzene rings is 1. The predicted octanol–water partition coefficient (Wildman–Crippen LogP) is 6.16. The van der Waals surface area contributed by atoms with Gasteiger partial charge in [-0.25, -0.2) is 0 Å². The monoisotopic (exact) mass is 292 g/mol. The zero-order chi connectivity index (χ0) is 16.7. The van der Waals surface area contributed by atoms with E-state index in [0.717, 1.165) is 33.4 Å². The summed E-state index contributed by atoms with van der Waals surface area (Å²) in [5.41, 5.74) is 5.58. The van der Waals surface area contributed by atoms with Gasteiger partial charge < -0.3 is 5.11 Å². The summed E-state index contributed by atoms with van der Waals surface area (Å²) in [6.07, 6.45) is 11.6. The summed E-state index contributed by atoms with van der Waals surface area (Å²) in [7, 11) is 0. The Morgan fingerprint density at radius 1 is 0.773 bits per heavy atom. The molecule has 1 aromatic carbocycles. The van der Waals surface area contributed by atoms with Crippen molar-refractivity contribution in [2.45, 2.75) is 20.8 Å². The highest BCUT2D eigenvalue weighted by Crippen LogP contribution is 2.29. The standard InChI is InChI=1S/C21H24O/c1-15(2)7-10-18-11-14-21(22)20(13-9-17(5)6)19(18)12-8-16(3)4/h7-14,22H,1,3,5H2,2,4,6H3. The largest absolute Gasteiger partial charge is 0.507 e. The zero-order valence-electron chi connectivity index (χ0n) is 13.7. The van der Waals surface area contributed by atoms with Crippen LogP contribution in [0, 0.1) is 0 Å². The van der Waals surface area contributed by atoms with Gasteiger partial charge in [0.2, 0.25) is 0 Å². The van der Waals surface area contributed by atoms with Crippen molar-refractivity contribution in [3.8, 4) is 5.75 Å². The van der Waals surface area contributed by atoms with Crippen LogP contribution >= 0.6 is 0 Å². The first kappa shape index (κ1) is 17.5. The molecule has 0 aliphatic heterocycles. The van der Waals surface area contributed by atoms with Gasteiger partial charge in [0.05, 0.1) is 0 Å². The highest BCUT2D eigenvalue weighted by atomic mass is 16.3. The minimum Gasteiger partial charge on any atom is -0.507 e. The van der Waals surface area contributed by atoms with Crippen LogP contribution in [0.1, 0.15) is 37.5 Å². The van der Waals surface area contributed by atoms with Crippen LogP contribution < -0.4 is 0 Å². The Bertz CT molecular complexity index is 682. The maximum Gasteiger partial charge on any atom is 0.123 e. The van der Waals surface area contributed by atoms with E-state index in [-0.39, 0.29) is 5.75 Å². The lowest BCUT2D eigenvalue weighted by Crippen LogP contribution is -1.88. The molecule has 0 radical (unpaired) electrons. The van der Waals surface area contributed by atoms with Crippen LogP contribution in [-0.4, -0.2) is 5.11 Å². The van der Waals surface area contributed by atoms with Gasteiger partial charge in [-0.2, -0.15) is 0 Å². The number of allylic oxidation sites excluding steroid dienone is 6. The van der Waals surface area contributed by atoms with Crippen LogP contribution in [-0.2, 0) is 0 Å². The Kier molecular flexibility index (Phi) is 6.40. The van der Waals surface area contributed by atoms with Gasteiger partial charge in [-0.15, -0.1) is 0 Å². The number of rotatable bonds is 6. The zero-order valence-corrected chi connectivity index (χ0v) is 13.7. The maximum absolute atomic E-state index is 10.2. The normalized spacial score (nSPS) is 11.6. The van der Waals surface area contributed by atoms with Crippen molar-refractivity contribution in [3.63, 3.8) is 0 Å². The van der Waals surface area contributed by atoms with Crippen LogP contribution in [0.3, 0.4) is 0 Å². The number of aromatic hydroxyl groups is 1. The van der Waals surface area contributed by atoms with E-state index in [4.69, 9.17) is 0 Å². The molecule has 0 aliphatic carbocycles. The Balaban J connectivity index is 3.51. The van der Waals surface area contributed by atoms with Crippen molar-refractivity contribution in [2.75, 3.05) is 0 Å². The van der Waals surface area contributed by atoms with Gasteiger partial charge >= 0.3 is 0 Å². The van der Waals surface area contributed by atoms with Gasteiger partial charge in [-0.1, -0.05) is 79.0 Å². The Morgan fingerprint density at radius 3 is 1.73 bits per heavy atom. The molecule has 0 fully saturated rings. The Labute approximate surface area is 134 Å². The minimum atomic E-state index is 0.242. The Hall–Kier alpha value is -2.54. The van der Waals surface area contributed by atoms with Gasteiger partial charge in [-0.05, 0) is 38.0 Å². The molecule has 0 atom stereocenters. The van der Waals surface area contributed by atoms with E-state index >= 15 is 0 Å². The van der Waals surface area contributed by atoms with Crippen molar-refractivity contribution in [1.29, 1.82) is 0 Å². The van der Waals surface area contributed by atoms with Crippen molar-refractivity contribution in [1.82, 2.24) is 0 Å². The summed E-state index contributed by atoms with van der Waals surface area (Å²) in [5.74, 6) is 0.242. The molecule has 1 nitrogen and oxygen atoms in total. The number of hydrogen-bond acceptors (Lipinski definition) is 1. The van der Waals surface area contributed by atoms with E-state index in [9.17, 15) is 5.11 Å². The van der Waals surface area contributed by atoms with Crippen LogP contribution in [0.2, 0.25) is 0 Å². The summed E-state index contributed by atoms with van der Waals surface area (Å²) in [5, 5.41) is 10.2. The summed E-state index contributed by atoms with van der Waals surface area (Å²) in [6, 6.07) is 3.60. The molecule has 0 bridgehead atoms. The molecule has 0 aliphatic rings. The fraction of sp³-hybridized carbons (Fsp3) is 0.143. The summed E-state index contributed by atoms with van der Waals surface area (Å²) >= 11 is 0. The van der Waals surface area contributed by atoms with E-state index < -0.39 is 0 Å². The molecule has 0 saturated carbocycles. The van der Waals surface area contributed by atoms with Crippen LogP contribution in [0.15, 0.2) is 66.8 Å². The lowest BCUT2D eigenvalue weighted by Gasteiger charge is -2.09. The molecule has 0 spiro atoms. The first-order valence-electron chi connectivity index (χ1n) is 7.18. The third-order valence-corrected chi connectivity index (χ3v) is 2.91. The molecule has 1 rings (SSSR count). The lowest BCUT2D eigenvalue weighted by molar-refractivity contribution is 0.474. The smallest absolute Gasteiger partial charge is 0.123 e. The average Bonchev–Trinajstić information content (AvgIpc) is 2.42. The quantitative estimate of drug-likeness (QED) is 0.622. The summed E-state index contributed by atoms with van der Waals surface area (Å²) in [6.45, 7) is 17.4.